The van der Waals surface area contributed by atoms with Crippen molar-refractivity contribution in [3.63, 3.8) is 0 Å². The first-order valence-corrected chi connectivity index (χ1v) is 7.52. The van der Waals surface area contributed by atoms with E-state index in [0.717, 1.165) is 10.2 Å². The Morgan fingerprint density at radius 3 is 2.85 bits per heavy atom. The third-order valence-electron chi connectivity index (χ3n) is 3.15. The fourth-order valence-corrected chi connectivity index (χ4v) is 3.06. The number of carbonyl (C=O) groups is 1. The molecule has 4 heteroatoms. The summed E-state index contributed by atoms with van der Waals surface area (Å²) in [6, 6.07) is 6.33. The SMILES string of the molecule is C#CCn1c(=NC(=O)CC)sc2cc(C(C)C)ccc21. The Hall–Kier alpha value is -1.86. The second kappa shape index (κ2) is 6.06. The Kier molecular flexibility index (Phi) is 4.41. The van der Waals surface area contributed by atoms with Gasteiger partial charge in [-0.15, -0.1) is 6.42 Å². The number of aromatic nitrogens is 1. The number of fused-ring (bicyclic) bond motifs is 1. The van der Waals surface area contributed by atoms with Crippen LogP contribution in [0.4, 0.5) is 0 Å². The van der Waals surface area contributed by atoms with E-state index in [1.165, 1.54) is 16.9 Å². The molecule has 2 rings (SSSR count). The summed E-state index contributed by atoms with van der Waals surface area (Å²) in [5, 5.41) is 0. The average molecular weight is 286 g/mol. The molecule has 1 aromatic carbocycles. The molecule has 2 aromatic rings. The van der Waals surface area contributed by atoms with Crippen molar-refractivity contribution in [2.45, 2.75) is 39.7 Å². The lowest BCUT2D eigenvalue weighted by Crippen LogP contribution is -2.16. The summed E-state index contributed by atoms with van der Waals surface area (Å²) in [6.07, 6.45) is 5.83. The summed E-state index contributed by atoms with van der Waals surface area (Å²) in [5.41, 5.74) is 2.32. The third kappa shape index (κ3) is 2.83. The van der Waals surface area contributed by atoms with Crippen LogP contribution >= 0.6 is 11.3 Å². The summed E-state index contributed by atoms with van der Waals surface area (Å²) in [4.78, 5) is 16.4. The van der Waals surface area contributed by atoms with Crippen molar-refractivity contribution in [3.05, 3.63) is 28.6 Å². The number of hydrogen-bond acceptors (Lipinski definition) is 2. The largest absolute Gasteiger partial charge is 0.305 e. The molecule has 0 saturated heterocycles. The first kappa shape index (κ1) is 14.5. The van der Waals surface area contributed by atoms with Crippen LogP contribution in [0, 0.1) is 12.3 Å². The number of carbonyl (C=O) groups excluding carboxylic acids is 1. The zero-order valence-electron chi connectivity index (χ0n) is 12.0. The Labute approximate surface area is 123 Å². The van der Waals surface area contributed by atoms with Gasteiger partial charge >= 0.3 is 0 Å². The molecular weight excluding hydrogens is 268 g/mol. The molecule has 0 aliphatic heterocycles. The third-order valence-corrected chi connectivity index (χ3v) is 4.19. The maximum atomic E-state index is 11.6. The van der Waals surface area contributed by atoms with Gasteiger partial charge in [-0.2, -0.15) is 4.99 Å². The van der Waals surface area contributed by atoms with Crippen LogP contribution in [-0.4, -0.2) is 10.5 Å². The first-order valence-electron chi connectivity index (χ1n) is 6.71. The van der Waals surface area contributed by atoms with Crippen LogP contribution in [0.15, 0.2) is 23.2 Å². The van der Waals surface area contributed by atoms with Crippen molar-refractivity contribution in [1.82, 2.24) is 4.57 Å². The van der Waals surface area contributed by atoms with Gasteiger partial charge in [0.05, 0.1) is 16.8 Å². The monoisotopic (exact) mass is 286 g/mol. The number of benzene rings is 1. The van der Waals surface area contributed by atoms with Crippen LogP contribution in [0.2, 0.25) is 0 Å². The first-order chi connectivity index (χ1) is 9.56. The van der Waals surface area contributed by atoms with Gasteiger partial charge in [0.15, 0.2) is 4.80 Å². The molecule has 1 amide bonds. The smallest absolute Gasteiger partial charge is 0.248 e. The molecule has 1 heterocycles. The number of amides is 1. The summed E-state index contributed by atoms with van der Waals surface area (Å²) in [7, 11) is 0. The summed E-state index contributed by atoms with van der Waals surface area (Å²) in [5.74, 6) is 2.98. The summed E-state index contributed by atoms with van der Waals surface area (Å²) < 4.78 is 3.05. The number of terminal acetylenes is 1. The van der Waals surface area contributed by atoms with Crippen molar-refractivity contribution >= 4 is 27.5 Å². The van der Waals surface area contributed by atoms with Crippen molar-refractivity contribution in [1.29, 1.82) is 0 Å². The molecule has 3 nitrogen and oxygen atoms in total. The van der Waals surface area contributed by atoms with Crippen molar-refractivity contribution < 1.29 is 4.79 Å². The molecule has 20 heavy (non-hydrogen) atoms. The van der Waals surface area contributed by atoms with Crippen molar-refractivity contribution in [2.75, 3.05) is 0 Å². The maximum Gasteiger partial charge on any atom is 0.248 e. The van der Waals surface area contributed by atoms with Gasteiger partial charge in [-0.05, 0) is 23.6 Å². The van der Waals surface area contributed by atoms with E-state index >= 15 is 0 Å². The molecule has 1 aromatic heterocycles. The second-order valence-electron chi connectivity index (χ2n) is 4.92. The van der Waals surface area contributed by atoms with Crippen LogP contribution in [-0.2, 0) is 11.3 Å². The lowest BCUT2D eigenvalue weighted by molar-refractivity contribution is -0.117. The van der Waals surface area contributed by atoms with Crippen LogP contribution in [0.1, 0.15) is 38.7 Å². The van der Waals surface area contributed by atoms with Gasteiger partial charge in [-0.3, -0.25) is 4.79 Å². The van der Waals surface area contributed by atoms with E-state index in [4.69, 9.17) is 6.42 Å². The topological polar surface area (TPSA) is 34.4 Å². The van der Waals surface area contributed by atoms with Gasteiger partial charge < -0.3 is 4.57 Å². The zero-order valence-corrected chi connectivity index (χ0v) is 12.8. The highest BCUT2D eigenvalue weighted by molar-refractivity contribution is 7.16. The Morgan fingerprint density at radius 1 is 1.50 bits per heavy atom. The standard InChI is InChI=1S/C16H18N2OS/c1-5-9-18-13-8-7-12(11(3)4)10-14(13)20-16(18)17-15(19)6-2/h1,7-8,10-11H,6,9H2,2-4H3. The molecule has 0 radical (unpaired) electrons. The van der Waals surface area contributed by atoms with E-state index in [1.807, 2.05) is 11.5 Å². The van der Waals surface area contributed by atoms with Crippen LogP contribution in [0.5, 0.6) is 0 Å². The molecule has 0 atom stereocenters. The molecule has 0 N–H and O–H groups in total. The van der Waals surface area contributed by atoms with Gasteiger partial charge in [0, 0.05) is 6.42 Å². The van der Waals surface area contributed by atoms with E-state index in [-0.39, 0.29) is 5.91 Å². The molecule has 0 aliphatic rings. The zero-order chi connectivity index (χ0) is 14.7. The highest BCUT2D eigenvalue weighted by Crippen LogP contribution is 2.23. The lowest BCUT2D eigenvalue weighted by atomic mass is 10.0. The number of nitrogens with zero attached hydrogens (tertiary/aromatic N) is 2. The van der Waals surface area contributed by atoms with Gasteiger partial charge in [-0.1, -0.05) is 44.1 Å². The van der Waals surface area contributed by atoms with E-state index in [1.54, 1.807) is 0 Å². The molecule has 0 bridgehead atoms. The van der Waals surface area contributed by atoms with E-state index < -0.39 is 0 Å². The van der Waals surface area contributed by atoms with Gasteiger partial charge in [0.1, 0.15) is 0 Å². The molecule has 0 aliphatic carbocycles. The van der Waals surface area contributed by atoms with Crippen molar-refractivity contribution in [3.8, 4) is 12.3 Å². The predicted molar refractivity (Wildman–Crippen MR) is 83.6 cm³/mol. The van der Waals surface area contributed by atoms with Crippen LogP contribution in [0.25, 0.3) is 10.2 Å². The highest BCUT2D eigenvalue weighted by atomic mass is 32.1. The van der Waals surface area contributed by atoms with E-state index in [0.29, 0.717) is 23.7 Å². The fourth-order valence-electron chi connectivity index (χ4n) is 1.96. The number of thiazole rings is 1. The van der Waals surface area contributed by atoms with E-state index in [2.05, 4.69) is 43.0 Å². The molecule has 0 spiro atoms. The maximum absolute atomic E-state index is 11.6. The molecule has 0 fully saturated rings. The molecule has 0 unspecified atom stereocenters. The summed E-state index contributed by atoms with van der Waals surface area (Å²) in [6.45, 7) is 6.56. The average Bonchev–Trinajstić information content (AvgIpc) is 2.76. The number of hydrogen-bond donors (Lipinski definition) is 0. The minimum absolute atomic E-state index is 0.119. The minimum atomic E-state index is -0.119. The number of rotatable bonds is 3. The van der Waals surface area contributed by atoms with Crippen LogP contribution < -0.4 is 4.80 Å². The van der Waals surface area contributed by atoms with Gasteiger partial charge in [0.25, 0.3) is 0 Å². The molecule has 0 saturated carbocycles. The van der Waals surface area contributed by atoms with Gasteiger partial charge in [0.2, 0.25) is 5.91 Å². The normalized spacial score (nSPS) is 12.1. The second-order valence-corrected chi connectivity index (χ2v) is 5.92. The van der Waals surface area contributed by atoms with E-state index in [9.17, 15) is 4.79 Å². The molecular formula is C16H18N2OS. The highest BCUT2D eigenvalue weighted by Gasteiger charge is 2.08. The van der Waals surface area contributed by atoms with Crippen molar-refractivity contribution in [2.24, 2.45) is 4.99 Å². The molecule has 104 valence electrons. The Balaban J connectivity index is 2.69. The summed E-state index contributed by atoms with van der Waals surface area (Å²) >= 11 is 1.52. The van der Waals surface area contributed by atoms with Gasteiger partial charge in [-0.25, -0.2) is 0 Å². The van der Waals surface area contributed by atoms with Crippen LogP contribution in [0.3, 0.4) is 0 Å². The quantitative estimate of drug-likeness (QED) is 0.797. The minimum Gasteiger partial charge on any atom is -0.305 e. The predicted octanol–water partition coefficient (Wildman–Crippen LogP) is 3.30. The fraction of sp³-hybridized carbons (Fsp3) is 0.375. The lowest BCUT2D eigenvalue weighted by Gasteiger charge is -2.05. The Morgan fingerprint density at radius 2 is 2.25 bits per heavy atom. The Bertz CT molecular complexity index is 744.